The van der Waals surface area contributed by atoms with Crippen LogP contribution >= 0.6 is 0 Å². The number of nitrogens with one attached hydrogen (secondary N) is 3. The maximum Gasteiger partial charge on any atom is 0.226 e. The van der Waals surface area contributed by atoms with Crippen molar-refractivity contribution in [2.24, 2.45) is 5.92 Å². The average Bonchev–Trinajstić information content (AvgIpc) is 3.51. The largest absolute Gasteiger partial charge is 0.508 e. The van der Waals surface area contributed by atoms with Crippen molar-refractivity contribution in [1.29, 1.82) is 0 Å². The number of amides is 1. The predicted octanol–water partition coefficient (Wildman–Crippen LogP) is 5.67. The summed E-state index contributed by atoms with van der Waals surface area (Å²) in [7, 11) is 0. The molecule has 0 saturated heterocycles. The molecule has 188 valence electrons. The lowest BCUT2D eigenvalue weighted by atomic mass is 10.0. The molecule has 0 radical (unpaired) electrons. The van der Waals surface area contributed by atoms with E-state index < -0.39 is 5.82 Å². The van der Waals surface area contributed by atoms with Crippen LogP contribution in [0.15, 0.2) is 67.1 Å². The molecule has 9 nitrogen and oxygen atoms in total. The number of pyridine rings is 2. The molecule has 0 fully saturated rings. The number of phenols is 1. The van der Waals surface area contributed by atoms with Crippen molar-refractivity contribution in [3.63, 3.8) is 0 Å². The van der Waals surface area contributed by atoms with E-state index in [0.717, 1.165) is 28.1 Å². The van der Waals surface area contributed by atoms with Gasteiger partial charge in [-0.05, 0) is 42.0 Å². The maximum absolute atomic E-state index is 14.0. The number of aromatic hydroxyl groups is 1. The number of rotatable bonds is 5. The first-order valence-corrected chi connectivity index (χ1v) is 11.9. The number of fused-ring (bicyclic) bond motifs is 2. The summed E-state index contributed by atoms with van der Waals surface area (Å²) >= 11 is 0. The van der Waals surface area contributed by atoms with Crippen LogP contribution in [0.3, 0.4) is 0 Å². The third-order valence-corrected chi connectivity index (χ3v) is 6.21. The number of hydrogen-bond acceptors (Lipinski definition) is 6. The van der Waals surface area contributed by atoms with E-state index in [2.05, 4.69) is 30.5 Å². The molecule has 0 aliphatic heterocycles. The van der Waals surface area contributed by atoms with Crippen LogP contribution in [0.4, 0.5) is 10.1 Å². The Morgan fingerprint density at radius 3 is 2.66 bits per heavy atom. The monoisotopic (exact) mass is 507 g/mol. The highest BCUT2D eigenvalue weighted by molar-refractivity contribution is 5.98. The van der Waals surface area contributed by atoms with Gasteiger partial charge in [0.2, 0.25) is 5.91 Å². The summed E-state index contributed by atoms with van der Waals surface area (Å²) in [6.07, 6.45) is 4.95. The highest BCUT2D eigenvalue weighted by atomic mass is 19.1. The summed E-state index contributed by atoms with van der Waals surface area (Å²) < 4.78 is 14.0. The van der Waals surface area contributed by atoms with Crippen LogP contribution in [-0.2, 0) is 4.79 Å². The zero-order valence-electron chi connectivity index (χ0n) is 20.5. The second-order valence-electron chi connectivity index (χ2n) is 9.28. The number of imidazole rings is 1. The summed E-state index contributed by atoms with van der Waals surface area (Å²) in [6.45, 7) is 3.67. The zero-order valence-corrected chi connectivity index (χ0v) is 20.5. The smallest absolute Gasteiger partial charge is 0.226 e. The molecule has 0 atom stereocenters. The van der Waals surface area contributed by atoms with Crippen molar-refractivity contribution in [2.45, 2.75) is 13.8 Å². The van der Waals surface area contributed by atoms with E-state index in [-0.39, 0.29) is 17.6 Å². The number of nitrogens with zero attached hydrogens (tertiary/aromatic N) is 4. The number of carbonyl (C=O) groups excluding carboxylic acids is 1. The zero-order chi connectivity index (χ0) is 26.4. The molecule has 4 aromatic heterocycles. The summed E-state index contributed by atoms with van der Waals surface area (Å²) in [5.41, 5.74) is 5.83. The summed E-state index contributed by atoms with van der Waals surface area (Å²) in [5.74, 6) is -0.474. The number of carbonyl (C=O) groups is 1. The highest BCUT2D eigenvalue weighted by Gasteiger charge is 2.17. The number of benzene rings is 2. The van der Waals surface area contributed by atoms with Gasteiger partial charge in [-0.25, -0.2) is 9.37 Å². The van der Waals surface area contributed by atoms with E-state index in [9.17, 15) is 14.3 Å². The molecule has 0 bridgehead atoms. The van der Waals surface area contributed by atoms with Gasteiger partial charge in [0.05, 0.1) is 28.6 Å². The van der Waals surface area contributed by atoms with E-state index in [1.54, 1.807) is 24.7 Å². The summed E-state index contributed by atoms with van der Waals surface area (Å²) in [4.78, 5) is 28.8. The van der Waals surface area contributed by atoms with Gasteiger partial charge in [-0.3, -0.25) is 19.9 Å². The second kappa shape index (κ2) is 9.07. The van der Waals surface area contributed by atoms with E-state index in [0.29, 0.717) is 39.5 Å². The summed E-state index contributed by atoms with van der Waals surface area (Å²) in [5, 5.41) is 21.1. The Balaban J connectivity index is 1.42. The van der Waals surface area contributed by atoms with E-state index in [4.69, 9.17) is 4.98 Å². The number of H-pyrrole nitrogens is 2. The van der Waals surface area contributed by atoms with Crippen LogP contribution in [-0.4, -0.2) is 41.1 Å². The van der Waals surface area contributed by atoms with Crippen LogP contribution in [0, 0.1) is 11.7 Å². The van der Waals surface area contributed by atoms with Crippen molar-refractivity contribution < 1.29 is 14.3 Å². The topological polar surface area (TPSA) is 132 Å². The van der Waals surface area contributed by atoms with Gasteiger partial charge in [0.1, 0.15) is 22.8 Å². The van der Waals surface area contributed by atoms with E-state index in [1.807, 2.05) is 38.1 Å². The number of anilines is 1. The predicted molar refractivity (Wildman–Crippen MR) is 143 cm³/mol. The van der Waals surface area contributed by atoms with Gasteiger partial charge in [0, 0.05) is 40.9 Å². The van der Waals surface area contributed by atoms with Crippen molar-refractivity contribution >= 4 is 33.5 Å². The first-order valence-electron chi connectivity index (χ1n) is 11.9. The SMILES string of the molecule is CC(C)C(=O)Nc1cncc(-c2ccc3[nH]nc(-c4nc5c(-c6cc(O)cc(F)c6)nccc5[nH]4)c3c2)c1. The fourth-order valence-corrected chi connectivity index (χ4v) is 4.30. The van der Waals surface area contributed by atoms with Gasteiger partial charge in [-0.2, -0.15) is 5.10 Å². The minimum atomic E-state index is -0.567. The van der Waals surface area contributed by atoms with E-state index >= 15 is 0 Å². The molecule has 0 saturated carbocycles. The second-order valence-corrected chi connectivity index (χ2v) is 9.28. The number of halogens is 1. The molecule has 0 spiro atoms. The van der Waals surface area contributed by atoms with Gasteiger partial charge in [-0.1, -0.05) is 19.9 Å². The van der Waals surface area contributed by atoms with Crippen molar-refractivity contribution in [2.75, 3.05) is 5.32 Å². The third kappa shape index (κ3) is 4.21. The van der Waals surface area contributed by atoms with Gasteiger partial charge in [0.15, 0.2) is 5.82 Å². The Kier molecular flexibility index (Phi) is 5.56. The lowest BCUT2D eigenvalue weighted by Crippen LogP contribution is -2.17. The molecule has 0 aliphatic rings. The number of aromatic nitrogens is 6. The highest BCUT2D eigenvalue weighted by Crippen LogP contribution is 2.33. The average molecular weight is 508 g/mol. The van der Waals surface area contributed by atoms with Crippen LogP contribution in [0.25, 0.3) is 55.8 Å². The molecule has 1 amide bonds. The molecule has 10 heteroatoms. The minimum Gasteiger partial charge on any atom is -0.508 e. The molecule has 2 aromatic carbocycles. The molecule has 6 aromatic rings. The Bertz CT molecular complexity index is 1820. The summed E-state index contributed by atoms with van der Waals surface area (Å²) in [6, 6.07) is 13.3. The maximum atomic E-state index is 14.0. The Hall–Kier alpha value is -5.12. The van der Waals surface area contributed by atoms with Crippen LogP contribution in [0.2, 0.25) is 0 Å². The Morgan fingerprint density at radius 2 is 1.84 bits per heavy atom. The van der Waals surface area contributed by atoms with Crippen LogP contribution in [0.5, 0.6) is 5.75 Å². The minimum absolute atomic E-state index is 0.0799. The Morgan fingerprint density at radius 1 is 0.974 bits per heavy atom. The number of phenolic OH excluding ortho intramolecular Hbond substituents is 1. The normalized spacial score (nSPS) is 11.5. The van der Waals surface area contributed by atoms with E-state index in [1.165, 1.54) is 12.1 Å². The van der Waals surface area contributed by atoms with Gasteiger partial charge in [0.25, 0.3) is 0 Å². The quantitative estimate of drug-likeness (QED) is 0.238. The van der Waals surface area contributed by atoms with Crippen LogP contribution in [0.1, 0.15) is 13.8 Å². The molecule has 0 aliphatic carbocycles. The van der Waals surface area contributed by atoms with Crippen molar-refractivity contribution in [3.05, 3.63) is 72.9 Å². The molecule has 4 N–H and O–H groups in total. The fourth-order valence-electron chi connectivity index (χ4n) is 4.30. The molecule has 38 heavy (non-hydrogen) atoms. The lowest BCUT2D eigenvalue weighted by molar-refractivity contribution is -0.118. The molecule has 0 unspecified atom stereocenters. The molecular weight excluding hydrogens is 485 g/mol. The van der Waals surface area contributed by atoms with Crippen LogP contribution < -0.4 is 5.32 Å². The van der Waals surface area contributed by atoms with Gasteiger partial charge < -0.3 is 15.4 Å². The Labute approximate surface area is 215 Å². The molecule has 4 heterocycles. The fraction of sp³-hybridized carbons (Fsp3) is 0.107. The standard InChI is InChI=1S/C28H22FN7O2/c1-14(2)28(38)32-19-8-17(12-30-13-19)15-3-4-22-21(10-15)25(36-35-22)27-33-23-5-6-31-24(26(23)34-27)16-7-18(29)11-20(37)9-16/h3-14,37H,1-2H3,(H,32,38)(H,33,34)(H,35,36). The molecule has 6 rings (SSSR count). The number of aromatic amines is 2. The third-order valence-electron chi connectivity index (χ3n) is 6.21. The van der Waals surface area contributed by atoms with Crippen molar-refractivity contribution in [3.8, 4) is 39.7 Å². The van der Waals surface area contributed by atoms with Gasteiger partial charge >= 0.3 is 0 Å². The first kappa shape index (κ1) is 23.3. The lowest BCUT2D eigenvalue weighted by Gasteiger charge is -2.09. The number of hydrogen-bond donors (Lipinski definition) is 4. The first-order chi connectivity index (χ1) is 18.4. The van der Waals surface area contributed by atoms with Crippen molar-refractivity contribution in [1.82, 2.24) is 30.1 Å². The molecular formula is C28H22FN7O2. The van der Waals surface area contributed by atoms with Gasteiger partial charge in [-0.15, -0.1) is 0 Å².